The van der Waals surface area contributed by atoms with Crippen LogP contribution in [-0.2, 0) is 10.3 Å². The van der Waals surface area contributed by atoms with E-state index in [1.165, 1.54) is 14.2 Å². The molecule has 2 aromatic rings. The van der Waals surface area contributed by atoms with Crippen molar-refractivity contribution in [2.45, 2.75) is 18.9 Å². The Morgan fingerprint density at radius 1 is 1.14 bits per heavy atom. The molecule has 0 fully saturated rings. The molecule has 7 nitrogen and oxygen atoms in total. The Bertz CT molecular complexity index is 895. The Balaban J connectivity index is 2.34. The normalized spacial score (nSPS) is 12.4. The molecule has 2 N–H and O–H groups in total. The third kappa shape index (κ3) is 5.51. The van der Waals surface area contributed by atoms with Crippen LogP contribution in [0.3, 0.4) is 0 Å². The van der Waals surface area contributed by atoms with Crippen molar-refractivity contribution in [2.24, 2.45) is 0 Å². The SMILES string of the molecule is C=CCOc1ccc(C(=O)NC(C)(CC(=O)O)c2cccc(OC)c2)cc1OC. The summed E-state index contributed by atoms with van der Waals surface area (Å²) in [5, 5.41) is 12.2. The molecule has 1 atom stereocenters. The number of aliphatic carboxylic acids is 1. The fraction of sp³-hybridized carbons (Fsp3) is 0.273. The van der Waals surface area contributed by atoms with E-state index in [9.17, 15) is 14.7 Å². The number of nitrogens with one attached hydrogen (secondary N) is 1. The molecule has 0 aliphatic rings. The fourth-order valence-electron chi connectivity index (χ4n) is 2.89. The van der Waals surface area contributed by atoms with Crippen LogP contribution in [-0.4, -0.2) is 37.8 Å². The Morgan fingerprint density at radius 3 is 2.52 bits per heavy atom. The largest absolute Gasteiger partial charge is 0.497 e. The molecule has 0 saturated heterocycles. The monoisotopic (exact) mass is 399 g/mol. The summed E-state index contributed by atoms with van der Waals surface area (Å²) in [6, 6.07) is 11.7. The Hall–Kier alpha value is -3.48. The van der Waals surface area contributed by atoms with E-state index in [1.807, 2.05) is 0 Å². The Kier molecular flexibility index (Phi) is 7.25. The van der Waals surface area contributed by atoms with Gasteiger partial charge in [0.15, 0.2) is 11.5 Å². The van der Waals surface area contributed by atoms with Crippen molar-refractivity contribution in [3.63, 3.8) is 0 Å². The zero-order valence-corrected chi connectivity index (χ0v) is 16.7. The van der Waals surface area contributed by atoms with Gasteiger partial charge in [0.2, 0.25) is 0 Å². The summed E-state index contributed by atoms with van der Waals surface area (Å²) in [4.78, 5) is 24.4. The van der Waals surface area contributed by atoms with Crippen molar-refractivity contribution in [1.82, 2.24) is 5.32 Å². The van der Waals surface area contributed by atoms with Crippen molar-refractivity contribution >= 4 is 11.9 Å². The molecule has 0 aliphatic carbocycles. The van der Waals surface area contributed by atoms with E-state index in [2.05, 4.69) is 11.9 Å². The summed E-state index contributed by atoms with van der Waals surface area (Å²) in [7, 11) is 3.00. The van der Waals surface area contributed by atoms with Crippen LogP contribution < -0.4 is 19.5 Å². The lowest BCUT2D eigenvalue weighted by molar-refractivity contribution is -0.138. The zero-order chi connectivity index (χ0) is 21.4. The second-order valence-electron chi connectivity index (χ2n) is 6.55. The van der Waals surface area contributed by atoms with Crippen molar-refractivity contribution in [2.75, 3.05) is 20.8 Å². The molecule has 1 amide bonds. The fourth-order valence-corrected chi connectivity index (χ4v) is 2.89. The van der Waals surface area contributed by atoms with Gasteiger partial charge in [-0.05, 0) is 42.8 Å². The Labute approximate surface area is 169 Å². The molecule has 0 bridgehead atoms. The number of benzene rings is 2. The lowest BCUT2D eigenvalue weighted by Gasteiger charge is -2.30. The number of ether oxygens (including phenoxy) is 3. The molecule has 0 radical (unpaired) electrons. The third-order valence-electron chi connectivity index (χ3n) is 4.38. The summed E-state index contributed by atoms with van der Waals surface area (Å²) < 4.78 is 16.0. The van der Waals surface area contributed by atoms with E-state index in [-0.39, 0.29) is 6.42 Å². The lowest BCUT2D eigenvalue weighted by atomic mass is 9.88. The number of carboxylic acids is 1. The minimum atomic E-state index is -1.15. The molecule has 7 heteroatoms. The second-order valence-corrected chi connectivity index (χ2v) is 6.55. The number of carboxylic acid groups (broad SMARTS) is 1. The van der Waals surface area contributed by atoms with Gasteiger partial charge in [-0.3, -0.25) is 9.59 Å². The van der Waals surface area contributed by atoms with Gasteiger partial charge in [0.1, 0.15) is 12.4 Å². The standard InChI is InChI=1S/C22H25NO6/c1-5-11-29-18-10-9-15(12-19(18)28-4)21(26)23-22(2,14-20(24)25)16-7-6-8-17(13-16)27-3/h5-10,12-13H,1,11,14H2,2-4H3,(H,23,26)(H,24,25). The van der Waals surface area contributed by atoms with Crippen LogP contribution in [0.1, 0.15) is 29.3 Å². The quantitative estimate of drug-likeness (QED) is 0.595. The average Bonchev–Trinajstić information content (AvgIpc) is 2.71. The van der Waals surface area contributed by atoms with Crippen LogP contribution in [0, 0.1) is 0 Å². The van der Waals surface area contributed by atoms with E-state index in [0.29, 0.717) is 35.0 Å². The minimum absolute atomic E-state index is 0.300. The van der Waals surface area contributed by atoms with Gasteiger partial charge < -0.3 is 24.6 Å². The maximum Gasteiger partial charge on any atom is 0.306 e. The first-order chi connectivity index (χ1) is 13.8. The van der Waals surface area contributed by atoms with Gasteiger partial charge >= 0.3 is 5.97 Å². The molecule has 0 aromatic heterocycles. The lowest BCUT2D eigenvalue weighted by Crippen LogP contribution is -2.45. The molecule has 0 spiro atoms. The van der Waals surface area contributed by atoms with E-state index in [4.69, 9.17) is 14.2 Å². The van der Waals surface area contributed by atoms with Gasteiger partial charge in [0.05, 0.1) is 26.2 Å². The molecule has 2 aromatic carbocycles. The summed E-state index contributed by atoms with van der Waals surface area (Å²) in [6.07, 6.45) is 1.30. The van der Waals surface area contributed by atoms with Crippen LogP contribution in [0.2, 0.25) is 0 Å². The number of rotatable bonds is 10. The molecular weight excluding hydrogens is 374 g/mol. The molecule has 0 saturated carbocycles. The smallest absolute Gasteiger partial charge is 0.306 e. The van der Waals surface area contributed by atoms with Crippen LogP contribution in [0.5, 0.6) is 17.2 Å². The average molecular weight is 399 g/mol. The number of amides is 1. The number of carbonyl (C=O) groups excluding carboxylic acids is 1. The summed E-state index contributed by atoms with van der Waals surface area (Å²) in [5.41, 5.74) is -0.222. The highest BCUT2D eigenvalue weighted by Crippen LogP contribution is 2.31. The first-order valence-corrected chi connectivity index (χ1v) is 8.93. The highest BCUT2D eigenvalue weighted by molar-refractivity contribution is 5.95. The van der Waals surface area contributed by atoms with E-state index < -0.39 is 17.4 Å². The van der Waals surface area contributed by atoms with Gasteiger partial charge in [0.25, 0.3) is 5.91 Å². The first-order valence-electron chi connectivity index (χ1n) is 8.93. The molecule has 154 valence electrons. The predicted octanol–water partition coefficient (Wildman–Crippen LogP) is 3.39. The molecular formula is C22H25NO6. The highest BCUT2D eigenvalue weighted by atomic mass is 16.5. The third-order valence-corrected chi connectivity index (χ3v) is 4.38. The number of carbonyl (C=O) groups is 2. The van der Waals surface area contributed by atoms with Gasteiger partial charge in [-0.1, -0.05) is 24.8 Å². The Morgan fingerprint density at radius 2 is 1.90 bits per heavy atom. The van der Waals surface area contributed by atoms with Crippen molar-refractivity contribution < 1.29 is 28.9 Å². The van der Waals surface area contributed by atoms with Gasteiger partial charge in [-0.25, -0.2) is 0 Å². The number of hydrogen-bond donors (Lipinski definition) is 2. The number of methoxy groups -OCH3 is 2. The molecule has 0 aliphatic heterocycles. The summed E-state index contributed by atoms with van der Waals surface area (Å²) in [6.45, 7) is 5.55. The molecule has 0 heterocycles. The van der Waals surface area contributed by atoms with Crippen molar-refractivity contribution in [3.8, 4) is 17.2 Å². The van der Waals surface area contributed by atoms with Crippen molar-refractivity contribution in [3.05, 3.63) is 66.2 Å². The van der Waals surface area contributed by atoms with Crippen LogP contribution >= 0.6 is 0 Å². The predicted molar refractivity (Wildman–Crippen MR) is 109 cm³/mol. The highest BCUT2D eigenvalue weighted by Gasteiger charge is 2.32. The van der Waals surface area contributed by atoms with Crippen molar-refractivity contribution in [1.29, 1.82) is 0 Å². The van der Waals surface area contributed by atoms with Crippen LogP contribution in [0.15, 0.2) is 55.1 Å². The number of hydrogen-bond acceptors (Lipinski definition) is 5. The summed E-state index contributed by atoms with van der Waals surface area (Å²) >= 11 is 0. The molecule has 2 rings (SSSR count). The topological polar surface area (TPSA) is 94.1 Å². The second kappa shape index (κ2) is 9.64. The maximum atomic E-state index is 12.9. The molecule has 1 unspecified atom stereocenters. The summed E-state index contributed by atoms with van der Waals surface area (Å²) in [5.74, 6) is -0.0453. The van der Waals surface area contributed by atoms with Crippen LogP contribution in [0.25, 0.3) is 0 Å². The zero-order valence-electron chi connectivity index (χ0n) is 16.7. The van der Waals surface area contributed by atoms with Gasteiger partial charge in [-0.15, -0.1) is 0 Å². The van der Waals surface area contributed by atoms with E-state index >= 15 is 0 Å². The van der Waals surface area contributed by atoms with Gasteiger partial charge in [0, 0.05) is 5.56 Å². The molecule has 29 heavy (non-hydrogen) atoms. The van der Waals surface area contributed by atoms with Gasteiger partial charge in [-0.2, -0.15) is 0 Å². The van der Waals surface area contributed by atoms with E-state index in [0.717, 1.165) is 0 Å². The maximum absolute atomic E-state index is 12.9. The first kappa shape index (κ1) is 21.8. The van der Waals surface area contributed by atoms with E-state index in [1.54, 1.807) is 55.5 Å². The van der Waals surface area contributed by atoms with Crippen LogP contribution in [0.4, 0.5) is 0 Å². The minimum Gasteiger partial charge on any atom is -0.497 e.